The lowest BCUT2D eigenvalue weighted by Crippen LogP contribution is -2.41. The van der Waals surface area contributed by atoms with Crippen molar-refractivity contribution in [2.45, 2.75) is 18.2 Å². The largest absolute Gasteiger partial charge is 0.493 e. The Morgan fingerprint density at radius 1 is 1.07 bits per heavy atom. The first-order valence-electron chi connectivity index (χ1n) is 9.41. The van der Waals surface area contributed by atoms with E-state index in [1.54, 1.807) is 33.6 Å². The van der Waals surface area contributed by atoms with Gasteiger partial charge in [-0.1, -0.05) is 12.1 Å². The molecule has 0 amide bonds. The summed E-state index contributed by atoms with van der Waals surface area (Å²) in [5.41, 5.74) is 14.4. The highest BCUT2D eigenvalue weighted by molar-refractivity contribution is 5.59. The van der Waals surface area contributed by atoms with Crippen molar-refractivity contribution in [1.29, 1.82) is 5.26 Å². The van der Waals surface area contributed by atoms with Crippen molar-refractivity contribution in [2.24, 2.45) is 11.7 Å². The fourth-order valence-corrected chi connectivity index (χ4v) is 4.25. The average Bonchev–Trinajstić information content (AvgIpc) is 3.20. The SMILES string of the molecule is COc1ccc(C2C(C#N)=C(N)OC3NNC(c4ccccn4)C32)c(OC)c1OC. The maximum atomic E-state index is 9.94. The first-order valence-corrected chi connectivity index (χ1v) is 9.41. The zero-order valence-corrected chi connectivity index (χ0v) is 16.9. The van der Waals surface area contributed by atoms with E-state index in [1.807, 2.05) is 24.3 Å². The molecule has 2 aromatic rings. The van der Waals surface area contributed by atoms with Crippen LogP contribution in [0.25, 0.3) is 0 Å². The van der Waals surface area contributed by atoms with E-state index in [1.165, 1.54) is 0 Å². The number of fused-ring (bicyclic) bond motifs is 1. The molecule has 4 rings (SSSR count). The lowest BCUT2D eigenvalue weighted by atomic mass is 9.74. The smallest absolute Gasteiger partial charge is 0.203 e. The minimum absolute atomic E-state index is 0.0801. The van der Waals surface area contributed by atoms with Crippen LogP contribution in [0.1, 0.15) is 23.2 Å². The van der Waals surface area contributed by atoms with Crippen molar-refractivity contribution in [1.82, 2.24) is 15.8 Å². The molecular formula is C21H23N5O4. The summed E-state index contributed by atoms with van der Waals surface area (Å²) in [7, 11) is 4.65. The van der Waals surface area contributed by atoms with Crippen molar-refractivity contribution in [3.63, 3.8) is 0 Å². The Bertz CT molecular complexity index is 1000. The number of methoxy groups -OCH3 is 3. The molecule has 0 saturated carbocycles. The summed E-state index contributed by atoms with van der Waals surface area (Å²) in [5, 5.41) is 9.94. The van der Waals surface area contributed by atoms with Gasteiger partial charge in [-0.05, 0) is 18.2 Å². The van der Waals surface area contributed by atoms with Crippen molar-refractivity contribution in [3.8, 4) is 23.3 Å². The van der Waals surface area contributed by atoms with Gasteiger partial charge in [0.15, 0.2) is 17.7 Å². The topological polar surface area (TPSA) is 124 Å². The van der Waals surface area contributed by atoms with Crippen LogP contribution in [-0.2, 0) is 4.74 Å². The Kier molecular flexibility index (Phi) is 5.35. The third kappa shape index (κ3) is 3.07. The lowest BCUT2D eigenvalue weighted by Gasteiger charge is -2.36. The van der Waals surface area contributed by atoms with E-state index >= 15 is 0 Å². The van der Waals surface area contributed by atoms with E-state index in [0.717, 1.165) is 11.3 Å². The molecule has 4 unspecified atom stereocenters. The molecule has 9 nitrogen and oxygen atoms in total. The van der Waals surface area contributed by atoms with E-state index in [-0.39, 0.29) is 17.8 Å². The molecular weight excluding hydrogens is 386 g/mol. The van der Waals surface area contributed by atoms with Gasteiger partial charge in [0.05, 0.1) is 38.6 Å². The summed E-state index contributed by atoms with van der Waals surface area (Å²) in [4.78, 5) is 4.49. The summed E-state index contributed by atoms with van der Waals surface area (Å²) in [6.45, 7) is 0. The Hall–Kier alpha value is -3.48. The van der Waals surface area contributed by atoms with E-state index in [0.29, 0.717) is 22.8 Å². The van der Waals surface area contributed by atoms with Gasteiger partial charge in [0.25, 0.3) is 0 Å². The third-order valence-corrected chi connectivity index (χ3v) is 5.53. The standard InChI is InChI=1S/C21H23N5O4/c1-27-14-8-7-11(18(28-2)19(14)29-3)15-12(10-22)20(23)30-21-16(15)17(25-26-21)13-6-4-5-9-24-13/h4-9,15-17,21,25-26H,23H2,1-3H3. The first-order chi connectivity index (χ1) is 14.6. The normalized spacial score (nSPS) is 25.1. The monoisotopic (exact) mass is 409 g/mol. The molecule has 4 N–H and O–H groups in total. The summed E-state index contributed by atoms with van der Waals surface area (Å²) in [5.74, 6) is 0.879. The molecule has 0 radical (unpaired) electrons. The Morgan fingerprint density at radius 3 is 2.50 bits per heavy atom. The Labute approximate surface area is 174 Å². The number of allylic oxidation sites excluding steroid dienone is 1. The minimum atomic E-state index is -0.461. The molecule has 1 saturated heterocycles. The van der Waals surface area contributed by atoms with E-state index in [4.69, 9.17) is 24.7 Å². The first kappa shape index (κ1) is 19.8. The molecule has 1 aromatic carbocycles. The Balaban J connectivity index is 1.91. The van der Waals surface area contributed by atoms with Gasteiger partial charge in [-0.15, -0.1) is 0 Å². The second-order valence-electron chi connectivity index (χ2n) is 6.93. The maximum Gasteiger partial charge on any atom is 0.203 e. The van der Waals surface area contributed by atoms with Gasteiger partial charge < -0.3 is 24.7 Å². The highest BCUT2D eigenvalue weighted by Gasteiger charge is 2.50. The number of aromatic nitrogens is 1. The third-order valence-electron chi connectivity index (χ3n) is 5.53. The second kappa shape index (κ2) is 8.10. The highest BCUT2D eigenvalue weighted by atomic mass is 16.5. The lowest BCUT2D eigenvalue weighted by molar-refractivity contribution is 0.0335. The fraction of sp³-hybridized carbons (Fsp3) is 0.333. The van der Waals surface area contributed by atoms with Crippen molar-refractivity contribution in [3.05, 3.63) is 59.2 Å². The molecule has 3 heterocycles. The van der Waals surface area contributed by atoms with Gasteiger partial charge in [0, 0.05) is 23.6 Å². The van der Waals surface area contributed by atoms with Crippen LogP contribution in [0.2, 0.25) is 0 Å². The maximum absolute atomic E-state index is 9.94. The number of nitrogens with one attached hydrogen (secondary N) is 2. The molecule has 9 heteroatoms. The minimum Gasteiger partial charge on any atom is -0.493 e. The van der Waals surface area contributed by atoms with Gasteiger partial charge >= 0.3 is 0 Å². The van der Waals surface area contributed by atoms with Crippen molar-refractivity contribution >= 4 is 0 Å². The van der Waals surface area contributed by atoms with Crippen LogP contribution in [0.15, 0.2) is 48.0 Å². The van der Waals surface area contributed by atoms with Crippen LogP contribution in [0.3, 0.4) is 0 Å². The summed E-state index contributed by atoms with van der Waals surface area (Å²) < 4.78 is 22.5. The van der Waals surface area contributed by atoms with Crippen LogP contribution >= 0.6 is 0 Å². The molecule has 0 aliphatic carbocycles. The summed E-state index contributed by atoms with van der Waals surface area (Å²) in [6, 6.07) is 11.4. The number of rotatable bonds is 5. The van der Waals surface area contributed by atoms with Crippen LogP contribution in [-0.4, -0.2) is 32.5 Å². The summed E-state index contributed by atoms with van der Waals surface area (Å²) >= 11 is 0. The number of hydrogen-bond acceptors (Lipinski definition) is 9. The zero-order valence-electron chi connectivity index (χ0n) is 16.9. The number of nitriles is 1. The Morgan fingerprint density at radius 2 is 1.87 bits per heavy atom. The zero-order chi connectivity index (χ0) is 21.3. The molecule has 4 atom stereocenters. The van der Waals surface area contributed by atoms with Crippen LogP contribution < -0.4 is 30.8 Å². The highest BCUT2D eigenvalue weighted by Crippen LogP contribution is 2.52. The van der Waals surface area contributed by atoms with Gasteiger partial charge in [-0.2, -0.15) is 5.26 Å². The van der Waals surface area contributed by atoms with Crippen LogP contribution in [0.4, 0.5) is 0 Å². The second-order valence-corrected chi connectivity index (χ2v) is 6.93. The average molecular weight is 409 g/mol. The predicted molar refractivity (Wildman–Crippen MR) is 107 cm³/mol. The van der Waals surface area contributed by atoms with E-state index in [2.05, 4.69) is 21.9 Å². The number of hydrogen-bond donors (Lipinski definition) is 3. The molecule has 2 aliphatic heterocycles. The van der Waals surface area contributed by atoms with Crippen LogP contribution in [0, 0.1) is 17.2 Å². The predicted octanol–water partition coefficient (Wildman–Crippen LogP) is 1.71. The number of ether oxygens (including phenoxy) is 4. The molecule has 1 fully saturated rings. The number of hydrazine groups is 1. The fourth-order valence-electron chi connectivity index (χ4n) is 4.25. The molecule has 156 valence electrons. The van der Waals surface area contributed by atoms with E-state index in [9.17, 15) is 5.26 Å². The van der Waals surface area contributed by atoms with Crippen LogP contribution in [0.5, 0.6) is 17.2 Å². The van der Waals surface area contributed by atoms with Crippen molar-refractivity contribution in [2.75, 3.05) is 21.3 Å². The number of pyridine rings is 1. The molecule has 2 aliphatic rings. The summed E-state index contributed by atoms with van der Waals surface area (Å²) in [6.07, 6.45) is 1.27. The van der Waals surface area contributed by atoms with Gasteiger partial charge in [0.1, 0.15) is 6.07 Å². The number of benzene rings is 1. The molecule has 30 heavy (non-hydrogen) atoms. The van der Waals surface area contributed by atoms with Gasteiger partial charge in [-0.25, -0.2) is 10.9 Å². The molecule has 0 spiro atoms. The number of nitrogens with two attached hydrogens (primary N) is 1. The van der Waals surface area contributed by atoms with Gasteiger partial charge in [0.2, 0.25) is 11.6 Å². The quantitative estimate of drug-likeness (QED) is 0.677. The van der Waals surface area contributed by atoms with E-state index < -0.39 is 12.1 Å². The molecule has 1 aromatic heterocycles. The van der Waals surface area contributed by atoms with Gasteiger partial charge in [-0.3, -0.25) is 4.98 Å². The number of nitrogens with zero attached hydrogens (tertiary/aromatic N) is 2. The van der Waals surface area contributed by atoms with Crippen molar-refractivity contribution < 1.29 is 18.9 Å². The molecule has 0 bridgehead atoms.